The lowest BCUT2D eigenvalue weighted by atomic mass is 10.4. The van der Waals surface area contributed by atoms with Crippen LogP contribution in [0.15, 0.2) is 18.7 Å². The minimum absolute atomic E-state index is 0.194. The predicted octanol–water partition coefficient (Wildman–Crippen LogP) is 0.426. The number of carbonyl (C=O) groups is 1. The highest BCUT2D eigenvalue weighted by molar-refractivity contribution is 5.71. The third-order valence-corrected chi connectivity index (χ3v) is 1.90. The Morgan fingerprint density at radius 1 is 1.60 bits per heavy atom. The number of esters is 1. The molecule has 0 amide bonds. The van der Waals surface area contributed by atoms with Gasteiger partial charge in [0.2, 0.25) is 0 Å². The summed E-state index contributed by atoms with van der Waals surface area (Å²) in [4.78, 5) is 14.9. The summed E-state index contributed by atoms with van der Waals surface area (Å²) in [5.74, 6) is -0.194. The predicted molar refractivity (Wildman–Crippen MR) is 56.3 cm³/mol. The summed E-state index contributed by atoms with van der Waals surface area (Å²) in [5.41, 5.74) is 0. The zero-order chi connectivity index (χ0) is 10.9. The average Bonchev–Trinajstić information content (AvgIpc) is 2.70. The fraction of sp³-hybridized carbons (Fsp3) is 0.600. The quantitative estimate of drug-likeness (QED) is 0.525. The Hall–Kier alpha value is -1.36. The van der Waals surface area contributed by atoms with Gasteiger partial charge in [-0.15, -0.1) is 0 Å². The molecule has 1 aromatic rings. The molecule has 15 heavy (non-hydrogen) atoms. The topological polar surface area (TPSA) is 56.1 Å². The summed E-state index contributed by atoms with van der Waals surface area (Å²) in [5, 5.41) is 3.02. The fourth-order valence-corrected chi connectivity index (χ4v) is 1.21. The van der Waals surface area contributed by atoms with Crippen LogP contribution in [0.3, 0.4) is 0 Å². The molecule has 0 bridgehead atoms. The van der Waals surface area contributed by atoms with Crippen molar-refractivity contribution >= 4 is 5.97 Å². The number of aryl methyl sites for hydroxylation is 1. The molecule has 0 radical (unpaired) electrons. The van der Waals surface area contributed by atoms with E-state index in [-0.39, 0.29) is 12.5 Å². The van der Waals surface area contributed by atoms with Gasteiger partial charge < -0.3 is 14.6 Å². The van der Waals surface area contributed by atoms with Crippen molar-refractivity contribution in [1.82, 2.24) is 14.9 Å². The summed E-state index contributed by atoms with van der Waals surface area (Å²) in [6.07, 6.45) is 6.43. The van der Waals surface area contributed by atoms with Crippen molar-refractivity contribution < 1.29 is 9.53 Å². The Morgan fingerprint density at radius 3 is 3.13 bits per heavy atom. The Labute approximate surface area is 89.4 Å². The van der Waals surface area contributed by atoms with Gasteiger partial charge in [0.15, 0.2) is 0 Å². The highest BCUT2D eigenvalue weighted by atomic mass is 16.5. The standard InChI is InChI=1S/C10H17N3O2/c1-2-15-10(14)8-11-4-3-6-13-7-5-12-9-13/h5,7,9,11H,2-4,6,8H2,1H3. The van der Waals surface area contributed by atoms with Gasteiger partial charge in [-0.1, -0.05) is 0 Å². The number of nitrogens with zero attached hydrogens (tertiary/aromatic N) is 2. The molecule has 1 aromatic heterocycles. The van der Waals surface area contributed by atoms with Crippen LogP contribution in [-0.4, -0.2) is 35.2 Å². The summed E-state index contributed by atoms with van der Waals surface area (Å²) in [6.45, 7) is 4.25. The Balaban J connectivity index is 1.95. The monoisotopic (exact) mass is 211 g/mol. The van der Waals surface area contributed by atoms with Crippen LogP contribution in [0, 0.1) is 0 Å². The number of ether oxygens (including phenoxy) is 1. The zero-order valence-corrected chi connectivity index (χ0v) is 8.98. The first kappa shape index (κ1) is 11.7. The third-order valence-electron chi connectivity index (χ3n) is 1.90. The molecule has 0 unspecified atom stereocenters. The molecular weight excluding hydrogens is 194 g/mol. The number of imidazole rings is 1. The van der Waals surface area contributed by atoms with Crippen LogP contribution in [0.1, 0.15) is 13.3 Å². The van der Waals surface area contributed by atoms with Gasteiger partial charge in [0.05, 0.1) is 19.5 Å². The average molecular weight is 211 g/mol. The molecule has 0 spiro atoms. The van der Waals surface area contributed by atoms with Crippen LogP contribution in [0.2, 0.25) is 0 Å². The Kier molecular flexibility index (Phi) is 5.47. The van der Waals surface area contributed by atoms with E-state index in [4.69, 9.17) is 4.74 Å². The normalized spacial score (nSPS) is 10.2. The van der Waals surface area contributed by atoms with Gasteiger partial charge in [-0.05, 0) is 19.9 Å². The van der Waals surface area contributed by atoms with E-state index in [0.717, 1.165) is 19.5 Å². The van der Waals surface area contributed by atoms with Crippen LogP contribution >= 0.6 is 0 Å². The van der Waals surface area contributed by atoms with E-state index in [1.165, 1.54) is 0 Å². The molecule has 5 nitrogen and oxygen atoms in total. The van der Waals surface area contributed by atoms with E-state index < -0.39 is 0 Å². The molecule has 84 valence electrons. The van der Waals surface area contributed by atoms with E-state index >= 15 is 0 Å². The maximum absolute atomic E-state index is 10.9. The number of nitrogens with one attached hydrogen (secondary N) is 1. The van der Waals surface area contributed by atoms with Crippen molar-refractivity contribution in [2.24, 2.45) is 0 Å². The lowest BCUT2D eigenvalue weighted by Crippen LogP contribution is -2.26. The minimum atomic E-state index is -0.194. The number of carbonyl (C=O) groups excluding carboxylic acids is 1. The highest BCUT2D eigenvalue weighted by Gasteiger charge is 1.99. The molecule has 1 N–H and O–H groups in total. The summed E-state index contributed by atoms with van der Waals surface area (Å²) >= 11 is 0. The molecule has 0 aromatic carbocycles. The second-order valence-electron chi connectivity index (χ2n) is 3.14. The molecular formula is C10H17N3O2. The Bertz CT molecular complexity index is 272. The molecule has 0 fully saturated rings. The molecule has 0 aliphatic rings. The summed E-state index contributed by atoms with van der Waals surface area (Å²) in [7, 11) is 0. The molecule has 5 heteroatoms. The van der Waals surface area contributed by atoms with Crippen molar-refractivity contribution in [3.63, 3.8) is 0 Å². The van der Waals surface area contributed by atoms with Gasteiger partial charge in [-0.3, -0.25) is 4.79 Å². The highest BCUT2D eigenvalue weighted by Crippen LogP contribution is 1.88. The van der Waals surface area contributed by atoms with Gasteiger partial charge in [-0.2, -0.15) is 0 Å². The van der Waals surface area contributed by atoms with Crippen molar-refractivity contribution in [2.75, 3.05) is 19.7 Å². The maximum atomic E-state index is 10.9. The number of hydrogen-bond donors (Lipinski definition) is 1. The molecule has 0 aliphatic heterocycles. The van der Waals surface area contributed by atoms with Gasteiger partial charge in [0.1, 0.15) is 0 Å². The van der Waals surface area contributed by atoms with E-state index in [2.05, 4.69) is 10.3 Å². The zero-order valence-electron chi connectivity index (χ0n) is 8.98. The maximum Gasteiger partial charge on any atom is 0.319 e. The second kappa shape index (κ2) is 7.00. The molecule has 1 rings (SSSR count). The third kappa shape index (κ3) is 5.17. The number of hydrogen-bond acceptors (Lipinski definition) is 4. The fourth-order valence-electron chi connectivity index (χ4n) is 1.21. The Morgan fingerprint density at radius 2 is 2.47 bits per heavy atom. The molecule has 1 heterocycles. The van der Waals surface area contributed by atoms with Crippen molar-refractivity contribution in [1.29, 1.82) is 0 Å². The molecule has 0 saturated heterocycles. The molecule has 0 aliphatic carbocycles. The van der Waals surface area contributed by atoms with Crippen molar-refractivity contribution in [2.45, 2.75) is 19.9 Å². The van der Waals surface area contributed by atoms with Crippen LogP contribution in [0.5, 0.6) is 0 Å². The molecule has 0 saturated carbocycles. The largest absolute Gasteiger partial charge is 0.465 e. The second-order valence-corrected chi connectivity index (χ2v) is 3.14. The van der Waals surface area contributed by atoms with Crippen molar-refractivity contribution in [3.05, 3.63) is 18.7 Å². The van der Waals surface area contributed by atoms with Crippen LogP contribution in [0.25, 0.3) is 0 Å². The first-order valence-corrected chi connectivity index (χ1v) is 5.15. The van der Waals surface area contributed by atoms with E-state index in [1.807, 2.05) is 10.8 Å². The number of rotatable bonds is 7. The summed E-state index contributed by atoms with van der Waals surface area (Å²) in [6, 6.07) is 0. The SMILES string of the molecule is CCOC(=O)CNCCCn1ccnc1. The van der Waals surface area contributed by atoms with Gasteiger partial charge in [0.25, 0.3) is 0 Å². The lowest BCUT2D eigenvalue weighted by Gasteiger charge is -2.04. The number of aromatic nitrogens is 2. The van der Waals surface area contributed by atoms with Gasteiger partial charge >= 0.3 is 5.97 Å². The van der Waals surface area contributed by atoms with Gasteiger partial charge in [-0.25, -0.2) is 4.98 Å². The van der Waals surface area contributed by atoms with Crippen LogP contribution in [0.4, 0.5) is 0 Å². The van der Waals surface area contributed by atoms with E-state index in [0.29, 0.717) is 6.61 Å². The van der Waals surface area contributed by atoms with Crippen LogP contribution < -0.4 is 5.32 Å². The first-order chi connectivity index (χ1) is 7.33. The van der Waals surface area contributed by atoms with E-state index in [9.17, 15) is 4.79 Å². The summed E-state index contributed by atoms with van der Waals surface area (Å²) < 4.78 is 6.78. The van der Waals surface area contributed by atoms with Crippen LogP contribution in [-0.2, 0) is 16.1 Å². The lowest BCUT2D eigenvalue weighted by molar-refractivity contribution is -0.141. The van der Waals surface area contributed by atoms with E-state index in [1.54, 1.807) is 19.4 Å². The van der Waals surface area contributed by atoms with Crippen molar-refractivity contribution in [3.8, 4) is 0 Å². The smallest absolute Gasteiger partial charge is 0.319 e. The molecule has 0 atom stereocenters. The first-order valence-electron chi connectivity index (χ1n) is 5.15. The van der Waals surface area contributed by atoms with Gasteiger partial charge in [0, 0.05) is 18.9 Å². The minimum Gasteiger partial charge on any atom is -0.465 e.